The molecule has 4 nitrogen and oxygen atoms in total. The molecule has 1 aliphatic carbocycles. The molecule has 1 fully saturated rings. The second kappa shape index (κ2) is 8.44. The smallest absolute Gasteiger partial charge is 0.163 e. The predicted octanol–water partition coefficient (Wildman–Crippen LogP) is 7.11. The van der Waals surface area contributed by atoms with Crippen molar-refractivity contribution in [3.05, 3.63) is 52.1 Å². The number of pyridine rings is 1. The number of aromatic hydroxyl groups is 1. The monoisotopic (exact) mass is 442 g/mol. The minimum atomic E-state index is -0.128. The fraction of sp³-hybridized carbons (Fsp3) is 0.333. The lowest BCUT2D eigenvalue weighted by atomic mass is 9.87. The van der Waals surface area contributed by atoms with Crippen LogP contribution >= 0.6 is 23.2 Å². The number of nitrogens with zero attached hydrogens (tertiary/aromatic N) is 1. The number of Topliss-reactive ketones (excluding diaryl/α,β-unsaturated/α-hetero) is 1. The molecule has 156 valence electrons. The van der Waals surface area contributed by atoms with E-state index in [2.05, 4.69) is 17.2 Å². The first-order valence-corrected chi connectivity index (χ1v) is 11.0. The van der Waals surface area contributed by atoms with Crippen LogP contribution in [0.2, 0.25) is 10.0 Å². The van der Waals surface area contributed by atoms with Crippen LogP contribution < -0.4 is 5.32 Å². The molecule has 1 heterocycles. The zero-order chi connectivity index (χ0) is 21.4. The number of anilines is 1. The number of phenols is 1. The van der Waals surface area contributed by atoms with Crippen molar-refractivity contribution in [1.82, 2.24) is 4.98 Å². The molecular formula is C24H24Cl2N2O2. The summed E-state index contributed by atoms with van der Waals surface area (Å²) in [7, 11) is 0. The Hall–Kier alpha value is -2.30. The van der Waals surface area contributed by atoms with E-state index in [1.807, 2.05) is 18.2 Å². The molecule has 30 heavy (non-hydrogen) atoms. The van der Waals surface area contributed by atoms with Crippen LogP contribution in [0.25, 0.3) is 22.0 Å². The lowest BCUT2D eigenvalue weighted by molar-refractivity contribution is 0.101. The molecule has 2 N–H and O–H groups in total. The van der Waals surface area contributed by atoms with Gasteiger partial charge in [0, 0.05) is 17.6 Å². The summed E-state index contributed by atoms with van der Waals surface area (Å²) >= 11 is 12.2. The Balaban J connectivity index is 1.82. The fourth-order valence-electron chi connectivity index (χ4n) is 4.14. The zero-order valence-electron chi connectivity index (χ0n) is 17.0. The normalized spacial score (nSPS) is 19.1. The van der Waals surface area contributed by atoms with Crippen LogP contribution in [0, 0.1) is 5.92 Å². The van der Waals surface area contributed by atoms with Crippen LogP contribution in [-0.4, -0.2) is 21.9 Å². The number of ketones is 1. The van der Waals surface area contributed by atoms with E-state index in [1.54, 1.807) is 25.3 Å². The van der Waals surface area contributed by atoms with Gasteiger partial charge in [0.1, 0.15) is 0 Å². The van der Waals surface area contributed by atoms with Gasteiger partial charge in [0.05, 0.1) is 26.8 Å². The van der Waals surface area contributed by atoms with E-state index in [-0.39, 0.29) is 21.6 Å². The number of halogens is 2. The molecule has 0 aliphatic heterocycles. The minimum absolute atomic E-state index is 0.0165. The topological polar surface area (TPSA) is 62.2 Å². The Morgan fingerprint density at radius 2 is 1.73 bits per heavy atom. The maximum absolute atomic E-state index is 12.3. The molecule has 6 heteroatoms. The summed E-state index contributed by atoms with van der Waals surface area (Å²) in [5, 5.41) is 14.8. The lowest BCUT2D eigenvalue weighted by Crippen LogP contribution is -2.26. The van der Waals surface area contributed by atoms with Gasteiger partial charge in [0.15, 0.2) is 11.5 Å². The molecular weight excluding hydrogens is 419 g/mol. The number of aromatic nitrogens is 1. The first kappa shape index (κ1) is 21.0. The van der Waals surface area contributed by atoms with Crippen LogP contribution in [0.3, 0.4) is 0 Å². The SMILES string of the molecule is CC(=O)c1cnc2ccc(-c3cc(Cl)c(O)c(Cl)c3)cc2c1NC1CCC(C)CC1. The van der Waals surface area contributed by atoms with Gasteiger partial charge in [0.25, 0.3) is 0 Å². The third kappa shape index (κ3) is 4.12. The molecule has 0 radical (unpaired) electrons. The highest BCUT2D eigenvalue weighted by molar-refractivity contribution is 6.37. The van der Waals surface area contributed by atoms with Crippen molar-refractivity contribution in [3.63, 3.8) is 0 Å². The molecule has 0 spiro atoms. The first-order chi connectivity index (χ1) is 14.3. The number of benzene rings is 2. The second-order valence-electron chi connectivity index (χ2n) is 8.22. The summed E-state index contributed by atoms with van der Waals surface area (Å²) in [6.45, 7) is 3.86. The van der Waals surface area contributed by atoms with Gasteiger partial charge in [0.2, 0.25) is 0 Å². The lowest BCUT2D eigenvalue weighted by Gasteiger charge is -2.29. The van der Waals surface area contributed by atoms with Gasteiger partial charge in [-0.3, -0.25) is 9.78 Å². The van der Waals surface area contributed by atoms with Crippen LogP contribution in [0.1, 0.15) is 49.9 Å². The number of fused-ring (bicyclic) bond motifs is 1. The first-order valence-electron chi connectivity index (χ1n) is 10.2. The highest BCUT2D eigenvalue weighted by Crippen LogP contribution is 2.38. The third-order valence-electron chi connectivity index (χ3n) is 5.96. The van der Waals surface area contributed by atoms with Gasteiger partial charge in [-0.2, -0.15) is 0 Å². The fourth-order valence-corrected chi connectivity index (χ4v) is 4.62. The number of phenolic OH excluding ortho intramolecular Hbond substituents is 1. The number of carbonyl (C=O) groups excluding carboxylic acids is 1. The molecule has 0 unspecified atom stereocenters. The Bertz CT molecular complexity index is 1100. The van der Waals surface area contributed by atoms with E-state index in [0.29, 0.717) is 11.6 Å². The van der Waals surface area contributed by atoms with E-state index < -0.39 is 0 Å². The Kier molecular flexibility index (Phi) is 5.90. The van der Waals surface area contributed by atoms with Crippen molar-refractivity contribution < 1.29 is 9.90 Å². The highest BCUT2D eigenvalue weighted by atomic mass is 35.5. The van der Waals surface area contributed by atoms with Crippen molar-refractivity contribution >= 4 is 45.6 Å². The molecule has 4 rings (SSSR count). The maximum Gasteiger partial charge on any atom is 0.163 e. The number of nitrogens with one attached hydrogen (secondary N) is 1. The van der Waals surface area contributed by atoms with Gasteiger partial charge in [-0.25, -0.2) is 0 Å². The number of hydrogen-bond acceptors (Lipinski definition) is 4. The van der Waals surface area contributed by atoms with E-state index in [9.17, 15) is 9.90 Å². The zero-order valence-corrected chi connectivity index (χ0v) is 18.5. The minimum Gasteiger partial charge on any atom is -0.505 e. The van der Waals surface area contributed by atoms with Crippen LogP contribution in [0.4, 0.5) is 5.69 Å². The summed E-state index contributed by atoms with van der Waals surface area (Å²) in [5.41, 5.74) is 3.92. The Morgan fingerprint density at radius 1 is 1.07 bits per heavy atom. The molecule has 1 aromatic heterocycles. The second-order valence-corrected chi connectivity index (χ2v) is 9.04. The van der Waals surface area contributed by atoms with Crippen molar-refractivity contribution in [2.24, 2.45) is 5.92 Å². The van der Waals surface area contributed by atoms with E-state index in [1.165, 1.54) is 12.8 Å². The molecule has 1 saturated carbocycles. The van der Waals surface area contributed by atoms with E-state index in [0.717, 1.165) is 46.5 Å². The van der Waals surface area contributed by atoms with Gasteiger partial charge in [-0.05, 0) is 73.9 Å². The molecule has 0 saturated heterocycles. The Morgan fingerprint density at radius 3 is 2.37 bits per heavy atom. The summed E-state index contributed by atoms with van der Waals surface area (Å²) in [4.78, 5) is 16.8. The van der Waals surface area contributed by atoms with Gasteiger partial charge >= 0.3 is 0 Å². The average Bonchev–Trinajstić information content (AvgIpc) is 2.73. The van der Waals surface area contributed by atoms with Crippen LogP contribution in [-0.2, 0) is 0 Å². The predicted molar refractivity (Wildman–Crippen MR) is 124 cm³/mol. The van der Waals surface area contributed by atoms with Crippen molar-refractivity contribution in [1.29, 1.82) is 0 Å². The van der Waals surface area contributed by atoms with Gasteiger partial charge < -0.3 is 10.4 Å². The van der Waals surface area contributed by atoms with Crippen molar-refractivity contribution in [3.8, 4) is 16.9 Å². The largest absolute Gasteiger partial charge is 0.505 e. The molecule has 0 bridgehead atoms. The summed E-state index contributed by atoms with van der Waals surface area (Å²) < 4.78 is 0. The maximum atomic E-state index is 12.3. The standard InChI is InChI=1S/C24H24Cl2N2O2/c1-13-3-6-17(7-4-13)28-23-18-9-15(16-10-20(25)24(30)21(26)11-16)5-8-22(18)27-12-19(23)14(2)29/h5,8-13,17,30H,3-4,6-7H2,1-2H3,(H,27,28). The van der Waals surface area contributed by atoms with Crippen molar-refractivity contribution in [2.45, 2.75) is 45.6 Å². The number of rotatable bonds is 4. The third-order valence-corrected chi connectivity index (χ3v) is 6.54. The Labute approximate surface area is 186 Å². The van der Waals surface area contributed by atoms with Crippen molar-refractivity contribution in [2.75, 3.05) is 5.32 Å². The molecule has 1 aliphatic rings. The molecule has 2 aromatic carbocycles. The number of carbonyl (C=O) groups is 1. The average molecular weight is 443 g/mol. The summed E-state index contributed by atoms with van der Waals surface area (Å²) in [6, 6.07) is 9.57. The van der Waals surface area contributed by atoms with Crippen LogP contribution in [0.15, 0.2) is 36.5 Å². The van der Waals surface area contributed by atoms with E-state index >= 15 is 0 Å². The number of hydrogen-bond donors (Lipinski definition) is 2. The van der Waals surface area contributed by atoms with Gasteiger partial charge in [-0.15, -0.1) is 0 Å². The molecule has 0 amide bonds. The summed E-state index contributed by atoms with van der Waals surface area (Å²) in [6.07, 6.45) is 6.21. The van der Waals surface area contributed by atoms with E-state index in [4.69, 9.17) is 23.2 Å². The van der Waals surface area contributed by atoms with Crippen LogP contribution in [0.5, 0.6) is 5.75 Å². The van der Waals surface area contributed by atoms with Gasteiger partial charge in [-0.1, -0.05) is 36.2 Å². The molecule has 0 atom stereocenters. The quantitative estimate of drug-likeness (QED) is 0.422. The highest BCUT2D eigenvalue weighted by Gasteiger charge is 2.21. The molecule has 3 aromatic rings. The summed E-state index contributed by atoms with van der Waals surface area (Å²) in [5.74, 6) is 0.606.